The predicted octanol–water partition coefficient (Wildman–Crippen LogP) is 3.10. The van der Waals surface area contributed by atoms with Crippen LogP contribution >= 0.6 is 0 Å². The van der Waals surface area contributed by atoms with Crippen LogP contribution in [0.5, 0.6) is 0 Å². The summed E-state index contributed by atoms with van der Waals surface area (Å²) in [5, 5.41) is 0. The quantitative estimate of drug-likeness (QED) is 0.280. The summed E-state index contributed by atoms with van der Waals surface area (Å²) < 4.78 is 4.62. The van der Waals surface area contributed by atoms with Gasteiger partial charge in [0.1, 0.15) is 0 Å². The lowest BCUT2D eigenvalue weighted by Crippen LogP contribution is -2.15. The Morgan fingerprint density at radius 1 is 0.882 bits per heavy atom. The number of hydrogen-bond donors (Lipinski definition) is 0. The summed E-state index contributed by atoms with van der Waals surface area (Å²) in [5.74, 6) is -1.40. The first-order valence-electron chi connectivity index (χ1n) is 5.36. The van der Waals surface area contributed by atoms with E-state index in [1.807, 2.05) is 0 Å². The summed E-state index contributed by atoms with van der Waals surface area (Å²) in [6.45, 7) is 14.2. The fourth-order valence-corrected chi connectivity index (χ4v) is 0.985. The third-order valence-electron chi connectivity index (χ3n) is 2.06. The number of allylic oxidation sites excluding steroid dienone is 2. The van der Waals surface area contributed by atoms with Crippen molar-refractivity contribution in [2.75, 3.05) is 0 Å². The van der Waals surface area contributed by atoms with Crippen LogP contribution in [0.25, 0.3) is 0 Å². The summed E-state index contributed by atoms with van der Waals surface area (Å²) >= 11 is 0. The second-order valence-corrected chi connectivity index (χ2v) is 3.54. The Kier molecular flexibility index (Phi) is 7.35. The molecule has 3 nitrogen and oxygen atoms in total. The summed E-state index contributed by atoms with van der Waals surface area (Å²) in [4.78, 5) is 22.8. The smallest absolute Gasteiger partial charge is 0.341 e. The molecule has 0 bridgehead atoms. The highest BCUT2D eigenvalue weighted by Crippen LogP contribution is 2.09. The largest absolute Gasteiger partial charge is 0.386 e. The van der Waals surface area contributed by atoms with Crippen molar-refractivity contribution < 1.29 is 14.3 Å². The lowest BCUT2D eigenvalue weighted by atomic mass is 10.1. The van der Waals surface area contributed by atoms with Crippen molar-refractivity contribution in [3.05, 3.63) is 49.6 Å². The number of rotatable bonds is 8. The van der Waals surface area contributed by atoms with E-state index in [-0.39, 0.29) is 11.1 Å². The molecule has 0 aromatic carbocycles. The molecule has 0 aromatic rings. The van der Waals surface area contributed by atoms with E-state index in [1.54, 1.807) is 12.2 Å². The Labute approximate surface area is 102 Å². The van der Waals surface area contributed by atoms with Gasteiger partial charge in [0.25, 0.3) is 0 Å². The molecule has 0 aliphatic carbocycles. The molecule has 0 radical (unpaired) electrons. The number of carbonyl (C=O) groups excluding carboxylic acids is 2. The molecule has 0 N–H and O–H groups in total. The van der Waals surface area contributed by atoms with Gasteiger partial charge < -0.3 is 4.74 Å². The van der Waals surface area contributed by atoms with Crippen molar-refractivity contribution in [1.29, 1.82) is 0 Å². The fourth-order valence-electron chi connectivity index (χ4n) is 0.985. The van der Waals surface area contributed by atoms with Gasteiger partial charge in [0, 0.05) is 11.1 Å². The monoisotopic (exact) mass is 234 g/mol. The molecule has 0 saturated carbocycles. The topological polar surface area (TPSA) is 43.4 Å². The van der Waals surface area contributed by atoms with E-state index in [1.165, 1.54) is 0 Å². The maximum atomic E-state index is 11.4. The fraction of sp³-hybridized carbons (Fsp3) is 0.286. The maximum Gasteiger partial charge on any atom is 0.341 e. The van der Waals surface area contributed by atoms with Crippen molar-refractivity contribution in [3.8, 4) is 0 Å². The van der Waals surface area contributed by atoms with Crippen LogP contribution in [-0.2, 0) is 14.3 Å². The average molecular weight is 234 g/mol. The summed E-state index contributed by atoms with van der Waals surface area (Å²) in [7, 11) is 0. The molecule has 0 spiro atoms. The van der Waals surface area contributed by atoms with Gasteiger partial charge in [-0.05, 0) is 25.7 Å². The molecule has 17 heavy (non-hydrogen) atoms. The first-order valence-corrected chi connectivity index (χ1v) is 5.36. The minimum atomic E-state index is -0.698. The molecule has 0 unspecified atom stereocenters. The zero-order chi connectivity index (χ0) is 13.3. The lowest BCUT2D eigenvalue weighted by molar-refractivity contribution is -0.154. The number of ether oxygens (including phenoxy) is 1. The molecule has 0 heterocycles. The molecule has 0 rings (SSSR count). The molecule has 0 aliphatic heterocycles. The first-order chi connectivity index (χ1) is 8.02. The average Bonchev–Trinajstić information content (AvgIpc) is 2.32. The van der Waals surface area contributed by atoms with E-state index in [4.69, 9.17) is 0 Å². The third kappa shape index (κ3) is 6.30. The summed E-state index contributed by atoms with van der Waals surface area (Å²) in [5.41, 5.74) is 0.518. The van der Waals surface area contributed by atoms with E-state index < -0.39 is 11.9 Å². The Bertz CT molecular complexity index is 316. The maximum absolute atomic E-state index is 11.4. The molecule has 0 aliphatic rings. The van der Waals surface area contributed by atoms with Gasteiger partial charge in [-0.1, -0.05) is 25.3 Å². The van der Waals surface area contributed by atoms with E-state index in [0.717, 1.165) is 0 Å². The zero-order valence-electron chi connectivity index (χ0n) is 10.0. The van der Waals surface area contributed by atoms with Gasteiger partial charge in [-0.15, -0.1) is 13.2 Å². The molecule has 0 amide bonds. The van der Waals surface area contributed by atoms with Crippen LogP contribution in [0, 0.1) is 0 Å². The standard InChI is InChI=1S/C14H18O3/c1-5-7-9-11(3)13(15)17-14(16)12(4)10-8-6-2/h5-6H,1-4,7-10H2. The number of esters is 2. The number of carbonyl (C=O) groups is 2. The minimum absolute atomic E-state index is 0.259. The Balaban J connectivity index is 4.14. The van der Waals surface area contributed by atoms with Crippen LogP contribution in [0.4, 0.5) is 0 Å². The molecule has 92 valence electrons. The second-order valence-electron chi connectivity index (χ2n) is 3.54. The lowest BCUT2D eigenvalue weighted by Gasteiger charge is -2.05. The molecule has 0 fully saturated rings. The van der Waals surface area contributed by atoms with E-state index >= 15 is 0 Å². The molecule has 3 heteroatoms. The minimum Gasteiger partial charge on any atom is -0.386 e. The Hall–Kier alpha value is -1.90. The van der Waals surface area contributed by atoms with Crippen LogP contribution in [0.1, 0.15) is 25.7 Å². The van der Waals surface area contributed by atoms with Crippen molar-refractivity contribution in [2.45, 2.75) is 25.7 Å². The van der Waals surface area contributed by atoms with Gasteiger partial charge in [-0.3, -0.25) is 0 Å². The van der Waals surface area contributed by atoms with Gasteiger partial charge in [0.15, 0.2) is 0 Å². The van der Waals surface area contributed by atoms with Crippen molar-refractivity contribution in [1.82, 2.24) is 0 Å². The van der Waals surface area contributed by atoms with Crippen LogP contribution in [0.15, 0.2) is 49.6 Å². The van der Waals surface area contributed by atoms with Gasteiger partial charge in [-0.25, -0.2) is 9.59 Å². The highest BCUT2D eigenvalue weighted by atomic mass is 16.6. The molecular weight excluding hydrogens is 216 g/mol. The zero-order valence-corrected chi connectivity index (χ0v) is 10.0. The summed E-state index contributed by atoms with van der Waals surface area (Å²) in [6, 6.07) is 0. The third-order valence-corrected chi connectivity index (χ3v) is 2.06. The van der Waals surface area contributed by atoms with Crippen LogP contribution in [0.3, 0.4) is 0 Å². The molecule has 0 aromatic heterocycles. The van der Waals surface area contributed by atoms with Crippen molar-refractivity contribution in [2.24, 2.45) is 0 Å². The molecule has 0 atom stereocenters. The van der Waals surface area contributed by atoms with E-state index in [9.17, 15) is 9.59 Å². The van der Waals surface area contributed by atoms with Crippen molar-refractivity contribution >= 4 is 11.9 Å². The van der Waals surface area contributed by atoms with E-state index in [0.29, 0.717) is 25.7 Å². The molecular formula is C14H18O3. The SMILES string of the molecule is C=CCCC(=C)C(=O)OC(=O)C(=C)CCC=C. The Morgan fingerprint density at radius 2 is 1.24 bits per heavy atom. The number of hydrogen-bond acceptors (Lipinski definition) is 3. The van der Waals surface area contributed by atoms with Gasteiger partial charge in [-0.2, -0.15) is 0 Å². The Morgan fingerprint density at radius 3 is 1.53 bits per heavy atom. The van der Waals surface area contributed by atoms with Crippen LogP contribution < -0.4 is 0 Å². The van der Waals surface area contributed by atoms with Crippen LogP contribution in [0.2, 0.25) is 0 Å². The van der Waals surface area contributed by atoms with Gasteiger partial charge >= 0.3 is 11.9 Å². The second kappa shape index (κ2) is 8.28. The normalized spacial score (nSPS) is 9.18. The predicted molar refractivity (Wildman–Crippen MR) is 68.2 cm³/mol. The van der Waals surface area contributed by atoms with Crippen molar-refractivity contribution in [3.63, 3.8) is 0 Å². The first kappa shape index (κ1) is 15.1. The van der Waals surface area contributed by atoms with Crippen LogP contribution in [-0.4, -0.2) is 11.9 Å². The van der Waals surface area contributed by atoms with Gasteiger partial charge in [0.05, 0.1) is 0 Å². The molecule has 0 saturated heterocycles. The highest BCUT2D eigenvalue weighted by Gasteiger charge is 2.15. The highest BCUT2D eigenvalue weighted by molar-refractivity contribution is 6.01. The van der Waals surface area contributed by atoms with Gasteiger partial charge in [0.2, 0.25) is 0 Å². The summed E-state index contributed by atoms with van der Waals surface area (Å²) in [6.07, 6.45) is 5.47. The van der Waals surface area contributed by atoms with E-state index in [2.05, 4.69) is 31.1 Å².